The summed E-state index contributed by atoms with van der Waals surface area (Å²) in [7, 11) is 1.90. The SMILES string of the molecule is CC(=O)Nc1cc(Oc2cnc3nc(Nc4cc(C(C)C)n(CCC#N)n4)n(C)c3c2C)ccn1. The van der Waals surface area contributed by atoms with Gasteiger partial charge in [0.15, 0.2) is 17.2 Å². The predicted octanol–water partition coefficient (Wildman–Crippen LogP) is 4.40. The zero-order valence-corrected chi connectivity index (χ0v) is 20.3. The van der Waals surface area contributed by atoms with E-state index in [4.69, 9.17) is 10.00 Å². The molecule has 0 spiro atoms. The van der Waals surface area contributed by atoms with Crippen LogP contribution in [0.25, 0.3) is 11.2 Å². The lowest BCUT2D eigenvalue weighted by Crippen LogP contribution is -2.07. The molecule has 2 N–H and O–H groups in total. The maximum atomic E-state index is 11.3. The van der Waals surface area contributed by atoms with E-state index < -0.39 is 0 Å². The number of ether oxygens (including phenoxy) is 1. The summed E-state index contributed by atoms with van der Waals surface area (Å²) in [6.07, 6.45) is 3.58. The zero-order valence-electron chi connectivity index (χ0n) is 20.3. The molecule has 4 heterocycles. The molecule has 4 rings (SSSR count). The lowest BCUT2D eigenvalue weighted by molar-refractivity contribution is -0.114. The molecule has 35 heavy (non-hydrogen) atoms. The van der Waals surface area contributed by atoms with Crippen LogP contribution in [0.2, 0.25) is 0 Å². The van der Waals surface area contributed by atoms with E-state index in [-0.39, 0.29) is 11.8 Å². The number of nitrogens with one attached hydrogen (secondary N) is 2. The Morgan fingerprint density at radius 2 is 2.06 bits per heavy atom. The van der Waals surface area contributed by atoms with Gasteiger partial charge in [0.1, 0.15) is 11.6 Å². The summed E-state index contributed by atoms with van der Waals surface area (Å²) in [6.45, 7) is 8.08. The summed E-state index contributed by atoms with van der Waals surface area (Å²) >= 11 is 0. The highest BCUT2D eigenvalue weighted by atomic mass is 16.5. The third kappa shape index (κ3) is 5.06. The molecule has 0 saturated heterocycles. The molecular weight excluding hydrogens is 446 g/mol. The number of anilines is 3. The van der Waals surface area contributed by atoms with Gasteiger partial charge in [-0.15, -0.1) is 0 Å². The standard InChI is InChI=1S/C24H27N9O2/c1-14(2)18-12-21(31-33(18)10-6-8-25)29-24-30-23-22(32(24)5)15(3)19(13-27-23)35-17-7-9-26-20(11-17)28-16(4)34/h7,9,11-14H,6,10H2,1-5H3,(H,26,28,34)(H,27,29,30,31). The van der Waals surface area contributed by atoms with Crippen molar-refractivity contribution in [1.82, 2.24) is 29.3 Å². The number of carbonyl (C=O) groups is 1. The van der Waals surface area contributed by atoms with Gasteiger partial charge in [0.2, 0.25) is 11.9 Å². The molecule has 4 aromatic rings. The highest BCUT2D eigenvalue weighted by molar-refractivity contribution is 5.87. The Morgan fingerprint density at radius 3 is 2.77 bits per heavy atom. The Kier molecular flexibility index (Phi) is 6.64. The number of hydrogen-bond donors (Lipinski definition) is 2. The van der Waals surface area contributed by atoms with Crippen molar-refractivity contribution in [2.45, 2.75) is 46.6 Å². The van der Waals surface area contributed by atoms with Crippen molar-refractivity contribution >= 4 is 34.7 Å². The molecule has 0 unspecified atom stereocenters. The van der Waals surface area contributed by atoms with Crippen molar-refractivity contribution in [1.29, 1.82) is 5.26 Å². The smallest absolute Gasteiger partial charge is 0.222 e. The Balaban J connectivity index is 1.62. The molecule has 0 aliphatic carbocycles. The van der Waals surface area contributed by atoms with Gasteiger partial charge >= 0.3 is 0 Å². The topological polar surface area (TPSA) is 136 Å². The molecule has 0 bridgehead atoms. The van der Waals surface area contributed by atoms with E-state index in [9.17, 15) is 4.79 Å². The van der Waals surface area contributed by atoms with Crippen LogP contribution in [-0.2, 0) is 18.4 Å². The average molecular weight is 474 g/mol. The minimum Gasteiger partial charge on any atom is -0.455 e. The van der Waals surface area contributed by atoms with Crippen molar-refractivity contribution in [3.05, 3.63) is 41.9 Å². The molecule has 0 aliphatic rings. The first-order chi connectivity index (χ1) is 16.8. The van der Waals surface area contributed by atoms with Gasteiger partial charge in [-0.1, -0.05) is 13.8 Å². The number of rotatable bonds is 8. The van der Waals surface area contributed by atoms with Gasteiger partial charge in [0, 0.05) is 43.6 Å². The van der Waals surface area contributed by atoms with Crippen LogP contribution in [0.5, 0.6) is 11.5 Å². The largest absolute Gasteiger partial charge is 0.455 e. The summed E-state index contributed by atoms with van der Waals surface area (Å²) in [6, 6.07) is 7.50. The van der Waals surface area contributed by atoms with Crippen molar-refractivity contribution in [3.63, 3.8) is 0 Å². The molecule has 0 saturated carbocycles. The first-order valence-corrected chi connectivity index (χ1v) is 11.2. The summed E-state index contributed by atoms with van der Waals surface area (Å²) in [5.41, 5.74) is 3.29. The zero-order chi connectivity index (χ0) is 25.1. The van der Waals surface area contributed by atoms with Crippen LogP contribution in [0.1, 0.15) is 44.4 Å². The van der Waals surface area contributed by atoms with Crippen LogP contribution in [0.3, 0.4) is 0 Å². The van der Waals surface area contributed by atoms with E-state index in [1.807, 2.05) is 29.3 Å². The highest BCUT2D eigenvalue weighted by Crippen LogP contribution is 2.32. The highest BCUT2D eigenvalue weighted by Gasteiger charge is 2.18. The van der Waals surface area contributed by atoms with Gasteiger partial charge in [-0.3, -0.25) is 9.48 Å². The van der Waals surface area contributed by atoms with E-state index in [1.165, 1.54) is 6.92 Å². The number of aromatic nitrogens is 6. The summed E-state index contributed by atoms with van der Waals surface area (Å²) in [5, 5.41) is 19.5. The van der Waals surface area contributed by atoms with E-state index >= 15 is 0 Å². The Labute approximate surface area is 202 Å². The predicted molar refractivity (Wildman–Crippen MR) is 132 cm³/mol. The molecule has 4 aromatic heterocycles. The van der Waals surface area contributed by atoms with E-state index in [0.29, 0.717) is 47.7 Å². The number of nitriles is 1. The second-order valence-corrected chi connectivity index (χ2v) is 8.44. The first-order valence-electron chi connectivity index (χ1n) is 11.2. The molecule has 0 radical (unpaired) electrons. The van der Waals surface area contributed by atoms with Crippen LogP contribution in [0, 0.1) is 18.3 Å². The van der Waals surface area contributed by atoms with Crippen LogP contribution >= 0.6 is 0 Å². The summed E-state index contributed by atoms with van der Waals surface area (Å²) in [5.74, 6) is 2.79. The molecule has 0 aromatic carbocycles. The number of fused-ring (bicyclic) bond motifs is 1. The van der Waals surface area contributed by atoms with Gasteiger partial charge in [-0.25, -0.2) is 9.97 Å². The second kappa shape index (κ2) is 9.80. The Morgan fingerprint density at radius 1 is 1.26 bits per heavy atom. The fourth-order valence-electron chi connectivity index (χ4n) is 3.80. The maximum Gasteiger partial charge on any atom is 0.222 e. The molecule has 180 valence electrons. The van der Waals surface area contributed by atoms with E-state index in [0.717, 1.165) is 16.8 Å². The molecule has 1 amide bonds. The summed E-state index contributed by atoms with van der Waals surface area (Å²) < 4.78 is 9.81. The van der Waals surface area contributed by atoms with Crippen molar-refractivity contribution in [2.75, 3.05) is 10.6 Å². The Hall–Kier alpha value is -4.46. The third-order valence-electron chi connectivity index (χ3n) is 5.45. The number of carbonyl (C=O) groups excluding carboxylic acids is 1. The van der Waals surface area contributed by atoms with Gasteiger partial charge in [-0.2, -0.15) is 15.3 Å². The number of amides is 1. The lowest BCUT2D eigenvalue weighted by atomic mass is 10.1. The number of aryl methyl sites for hydroxylation is 3. The van der Waals surface area contributed by atoms with Gasteiger partial charge in [0.05, 0.1) is 30.7 Å². The van der Waals surface area contributed by atoms with Crippen LogP contribution in [-0.4, -0.2) is 35.2 Å². The van der Waals surface area contributed by atoms with Gasteiger partial charge in [0.25, 0.3) is 0 Å². The van der Waals surface area contributed by atoms with E-state index in [1.54, 1.807) is 24.5 Å². The fourth-order valence-corrected chi connectivity index (χ4v) is 3.80. The monoisotopic (exact) mass is 473 g/mol. The first kappa shape index (κ1) is 23.7. The van der Waals surface area contributed by atoms with Crippen LogP contribution < -0.4 is 15.4 Å². The molecular formula is C24H27N9O2. The van der Waals surface area contributed by atoms with Crippen LogP contribution in [0.4, 0.5) is 17.6 Å². The van der Waals surface area contributed by atoms with Gasteiger partial charge < -0.3 is 19.9 Å². The van der Waals surface area contributed by atoms with Crippen molar-refractivity contribution < 1.29 is 9.53 Å². The second-order valence-electron chi connectivity index (χ2n) is 8.44. The number of nitrogens with zero attached hydrogens (tertiary/aromatic N) is 7. The van der Waals surface area contributed by atoms with E-state index in [2.05, 4.69) is 50.6 Å². The normalized spacial score (nSPS) is 11.0. The van der Waals surface area contributed by atoms with Gasteiger partial charge in [-0.05, 0) is 18.9 Å². The lowest BCUT2D eigenvalue weighted by Gasteiger charge is -2.11. The number of hydrogen-bond acceptors (Lipinski definition) is 8. The number of pyridine rings is 2. The average Bonchev–Trinajstić information content (AvgIpc) is 3.35. The minimum absolute atomic E-state index is 0.209. The number of imidazole rings is 1. The molecule has 11 nitrogen and oxygen atoms in total. The van der Waals surface area contributed by atoms with Crippen LogP contribution in [0.15, 0.2) is 30.6 Å². The summed E-state index contributed by atoms with van der Waals surface area (Å²) in [4.78, 5) is 24.5. The molecule has 11 heteroatoms. The molecule has 0 fully saturated rings. The van der Waals surface area contributed by atoms with Crippen molar-refractivity contribution in [2.24, 2.45) is 7.05 Å². The maximum absolute atomic E-state index is 11.3. The minimum atomic E-state index is -0.209. The fraction of sp³-hybridized carbons (Fsp3) is 0.333. The third-order valence-corrected chi connectivity index (χ3v) is 5.45. The molecule has 0 aliphatic heterocycles. The quantitative estimate of drug-likeness (QED) is 0.384. The Bertz CT molecular complexity index is 1430. The van der Waals surface area contributed by atoms with Crippen molar-refractivity contribution in [3.8, 4) is 17.6 Å². The molecule has 0 atom stereocenters.